The first-order chi connectivity index (χ1) is 14.8. The summed E-state index contributed by atoms with van der Waals surface area (Å²) >= 11 is 0. The first-order valence-electron chi connectivity index (χ1n) is 12.5. The lowest BCUT2D eigenvalue weighted by atomic mass is 9.61. The highest BCUT2D eigenvalue weighted by molar-refractivity contribution is 7.95. The van der Waals surface area contributed by atoms with Crippen LogP contribution in [0.15, 0.2) is 46.9 Å². The molecule has 4 heteroatoms. The van der Waals surface area contributed by atoms with E-state index in [1.165, 1.54) is 48.7 Å². The average molecular weight is 461 g/mol. The van der Waals surface area contributed by atoms with Crippen molar-refractivity contribution in [2.24, 2.45) is 23.2 Å². The van der Waals surface area contributed by atoms with Gasteiger partial charge in [-0.1, -0.05) is 49.8 Å². The molecule has 3 fully saturated rings. The largest absolute Gasteiger partial charge is 0.393 e. The molecular formula is C28H44O3S. The number of allylic oxidation sites excluding steroid dienone is 5. The average Bonchev–Trinajstić information content (AvgIpc) is 3.05. The van der Waals surface area contributed by atoms with Crippen LogP contribution in [-0.4, -0.2) is 24.4 Å². The molecule has 3 rings (SSSR count). The smallest absolute Gasteiger partial charge is 0.176 e. The Labute approximate surface area is 196 Å². The zero-order valence-corrected chi connectivity index (χ0v) is 21.7. The minimum absolute atomic E-state index is 0.228. The van der Waals surface area contributed by atoms with Gasteiger partial charge in [0.05, 0.1) is 10.9 Å². The van der Waals surface area contributed by atoms with Gasteiger partial charge in [-0.15, -0.1) is 0 Å². The van der Waals surface area contributed by atoms with Gasteiger partial charge in [-0.05, 0) is 107 Å². The second-order valence-electron chi connectivity index (χ2n) is 11.8. The van der Waals surface area contributed by atoms with E-state index in [9.17, 15) is 13.5 Å². The van der Waals surface area contributed by atoms with Crippen molar-refractivity contribution in [2.75, 3.05) is 0 Å². The van der Waals surface area contributed by atoms with Gasteiger partial charge in [0.15, 0.2) is 9.84 Å². The van der Waals surface area contributed by atoms with Crippen molar-refractivity contribution in [3.8, 4) is 0 Å². The molecule has 180 valence electrons. The summed E-state index contributed by atoms with van der Waals surface area (Å²) in [5, 5.41) is 11.5. The van der Waals surface area contributed by atoms with Crippen LogP contribution in [0.25, 0.3) is 0 Å². The van der Waals surface area contributed by atoms with Crippen molar-refractivity contribution < 1.29 is 13.5 Å². The zero-order valence-electron chi connectivity index (χ0n) is 20.9. The highest BCUT2D eigenvalue weighted by Crippen LogP contribution is 2.59. The second-order valence-corrected chi connectivity index (χ2v) is 14.4. The van der Waals surface area contributed by atoms with E-state index in [-0.39, 0.29) is 6.10 Å². The standard InChI is InChI=1S/C28H44O3S/c1-20-11-14-24(29)19-23(20)13-12-22-10-7-17-28(6)25(15-16-26(22)28)21(2)9-8-18-32(30,31)27(3,4)5/h8,12-13,18,21,24-26,29H,1,7,9-11,14-17,19H2,2-6H3. The fourth-order valence-electron chi connectivity index (χ4n) is 6.37. The molecule has 3 aliphatic rings. The van der Waals surface area contributed by atoms with Crippen molar-refractivity contribution in [3.63, 3.8) is 0 Å². The predicted molar refractivity (Wildman–Crippen MR) is 135 cm³/mol. The third-order valence-corrected chi connectivity index (χ3v) is 10.8. The Morgan fingerprint density at radius 1 is 1.19 bits per heavy atom. The lowest BCUT2D eigenvalue weighted by Gasteiger charge is -2.44. The summed E-state index contributed by atoms with van der Waals surface area (Å²) in [6.45, 7) is 14.3. The lowest BCUT2D eigenvalue weighted by molar-refractivity contribution is 0.0985. The van der Waals surface area contributed by atoms with E-state index in [2.05, 4.69) is 32.6 Å². The zero-order chi connectivity index (χ0) is 23.7. The van der Waals surface area contributed by atoms with Crippen LogP contribution < -0.4 is 0 Å². The van der Waals surface area contributed by atoms with Crippen LogP contribution in [0.5, 0.6) is 0 Å². The summed E-state index contributed by atoms with van der Waals surface area (Å²) in [6, 6.07) is 0. The van der Waals surface area contributed by atoms with Crippen molar-refractivity contribution in [1.29, 1.82) is 0 Å². The first kappa shape index (κ1) is 25.5. The summed E-state index contributed by atoms with van der Waals surface area (Å²) < 4.78 is 24.1. The van der Waals surface area contributed by atoms with Crippen LogP contribution in [0, 0.1) is 23.2 Å². The van der Waals surface area contributed by atoms with Crippen LogP contribution in [0.2, 0.25) is 0 Å². The summed E-state index contributed by atoms with van der Waals surface area (Å²) in [7, 11) is -3.21. The molecule has 0 aromatic carbocycles. The van der Waals surface area contributed by atoms with Gasteiger partial charge in [-0.25, -0.2) is 8.42 Å². The summed E-state index contributed by atoms with van der Waals surface area (Å²) in [4.78, 5) is 0. The molecule has 32 heavy (non-hydrogen) atoms. The molecular weight excluding hydrogens is 416 g/mol. The third-order valence-electron chi connectivity index (χ3n) is 8.55. The molecule has 3 aliphatic carbocycles. The minimum Gasteiger partial charge on any atom is -0.393 e. The highest BCUT2D eigenvalue weighted by atomic mass is 32.2. The lowest BCUT2D eigenvalue weighted by Crippen LogP contribution is -2.35. The van der Waals surface area contributed by atoms with Crippen LogP contribution in [0.4, 0.5) is 0 Å². The molecule has 0 aliphatic heterocycles. The minimum atomic E-state index is -3.21. The maximum absolute atomic E-state index is 12.4. The molecule has 1 N–H and O–H groups in total. The van der Waals surface area contributed by atoms with Gasteiger partial charge in [0.25, 0.3) is 0 Å². The maximum atomic E-state index is 12.4. The molecule has 3 nitrogen and oxygen atoms in total. The molecule has 0 bridgehead atoms. The number of hydrogen-bond donors (Lipinski definition) is 1. The number of aliphatic hydroxyl groups is 1. The Bertz CT molecular complexity index is 899. The van der Waals surface area contributed by atoms with Gasteiger partial charge >= 0.3 is 0 Å². The number of sulfone groups is 1. The van der Waals surface area contributed by atoms with Crippen molar-refractivity contribution in [3.05, 3.63) is 46.9 Å². The fraction of sp³-hybridized carbons (Fsp3) is 0.714. The van der Waals surface area contributed by atoms with E-state index in [0.717, 1.165) is 25.7 Å². The molecule has 5 atom stereocenters. The van der Waals surface area contributed by atoms with Crippen molar-refractivity contribution >= 4 is 9.84 Å². The van der Waals surface area contributed by atoms with E-state index in [1.807, 2.05) is 6.08 Å². The molecule has 0 amide bonds. The van der Waals surface area contributed by atoms with Crippen LogP contribution in [0.3, 0.4) is 0 Å². The Morgan fingerprint density at radius 3 is 2.59 bits per heavy atom. The molecule has 0 aromatic heterocycles. The van der Waals surface area contributed by atoms with Crippen molar-refractivity contribution in [2.45, 2.75) is 103 Å². The van der Waals surface area contributed by atoms with E-state index in [1.54, 1.807) is 26.3 Å². The number of hydrogen-bond acceptors (Lipinski definition) is 3. The van der Waals surface area contributed by atoms with E-state index in [4.69, 9.17) is 0 Å². The Kier molecular flexibility index (Phi) is 7.66. The van der Waals surface area contributed by atoms with Gasteiger partial charge in [0.1, 0.15) is 0 Å². The summed E-state index contributed by atoms with van der Waals surface area (Å²) in [5.41, 5.74) is 4.26. The number of aliphatic hydroxyl groups excluding tert-OH is 1. The number of rotatable bonds is 5. The van der Waals surface area contributed by atoms with Gasteiger partial charge < -0.3 is 5.11 Å². The van der Waals surface area contributed by atoms with E-state index >= 15 is 0 Å². The van der Waals surface area contributed by atoms with Gasteiger partial charge in [-0.3, -0.25) is 0 Å². The molecule has 0 saturated heterocycles. The maximum Gasteiger partial charge on any atom is 0.176 e. The van der Waals surface area contributed by atoms with Gasteiger partial charge in [0, 0.05) is 5.41 Å². The molecule has 3 saturated carbocycles. The van der Waals surface area contributed by atoms with E-state index < -0.39 is 14.6 Å². The monoisotopic (exact) mass is 460 g/mol. The number of fused-ring (bicyclic) bond motifs is 1. The Balaban J connectivity index is 1.72. The summed E-state index contributed by atoms with van der Waals surface area (Å²) in [5.74, 6) is 1.71. The molecule has 0 radical (unpaired) electrons. The van der Waals surface area contributed by atoms with Crippen LogP contribution in [-0.2, 0) is 9.84 Å². The van der Waals surface area contributed by atoms with Crippen LogP contribution >= 0.6 is 0 Å². The molecule has 0 heterocycles. The third kappa shape index (κ3) is 5.33. The highest BCUT2D eigenvalue weighted by Gasteiger charge is 2.50. The SMILES string of the molecule is C=C1CCC(O)CC1=CC=C1CCCC2(C)C1CCC2C(C)CC=CS(=O)(=O)C(C)(C)C. The topological polar surface area (TPSA) is 54.4 Å². The fourth-order valence-corrected chi connectivity index (χ4v) is 7.15. The summed E-state index contributed by atoms with van der Waals surface area (Å²) in [6.07, 6.45) is 15.6. The van der Waals surface area contributed by atoms with Crippen LogP contribution in [0.1, 0.15) is 92.4 Å². The van der Waals surface area contributed by atoms with E-state index in [0.29, 0.717) is 23.2 Å². The van der Waals surface area contributed by atoms with Gasteiger partial charge in [-0.2, -0.15) is 0 Å². The Morgan fingerprint density at radius 2 is 1.91 bits per heavy atom. The quantitative estimate of drug-likeness (QED) is 0.485. The first-order valence-corrected chi connectivity index (χ1v) is 14.1. The predicted octanol–water partition coefficient (Wildman–Crippen LogP) is 6.91. The molecule has 0 aromatic rings. The van der Waals surface area contributed by atoms with Gasteiger partial charge in [0.2, 0.25) is 0 Å². The van der Waals surface area contributed by atoms with Crippen molar-refractivity contribution in [1.82, 2.24) is 0 Å². The normalized spacial score (nSPS) is 35.6. The Hall–Kier alpha value is -1.13. The molecule has 5 unspecified atom stereocenters. The molecule has 0 spiro atoms. The second kappa shape index (κ2) is 9.62.